The van der Waals surface area contributed by atoms with Gasteiger partial charge in [0, 0.05) is 24.0 Å². The van der Waals surface area contributed by atoms with Crippen molar-refractivity contribution in [2.75, 3.05) is 23.9 Å². The maximum absolute atomic E-state index is 12.3. The van der Waals surface area contributed by atoms with Crippen LogP contribution in [0.15, 0.2) is 42.7 Å². The van der Waals surface area contributed by atoms with Gasteiger partial charge in [0.05, 0.1) is 36.1 Å². The molecule has 7 nitrogen and oxygen atoms in total. The summed E-state index contributed by atoms with van der Waals surface area (Å²) in [5, 5.41) is 5.92. The number of benzene rings is 1. The van der Waals surface area contributed by atoms with Crippen molar-refractivity contribution in [3.63, 3.8) is 0 Å². The van der Waals surface area contributed by atoms with E-state index < -0.39 is 9.84 Å². The molecule has 8 heteroatoms. The first-order valence-electron chi connectivity index (χ1n) is 7.82. The van der Waals surface area contributed by atoms with Crippen LogP contribution < -0.4 is 15.4 Å². The average molecular weight is 361 g/mol. The predicted octanol–water partition coefficient (Wildman–Crippen LogP) is 1.75. The van der Waals surface area contributed by atoms with Crippen LogP contribution in [0.25, 0.3) is 0 Å². The van der Waals surface area contributed by atoms with Gasteiger partial charge in [-0.25, -0.2) is 8.42 Å². The lowest BCUT2D eigenvalue weighted by Crippen LogP contribution is -2.35. The van der Waals surface area contributed by atoms with Crippen LogP contribution in [0.2, 0.25) is 0 Å². The summed E-state index contributed by atoms with van der Waals surface area (Å²) in [6, 6.07) is 8.72. The summed E-state index contributed by atoms with van der Waals surface area (Å²) in [6.45, 7) is 0. The van der Waals surface area contributed by atoms with E-state index in [1.807, 2.05) is 24.3 Å². The minimum atomic E-state index is -3.03. The molecule has 0 spiro atoms. The van der Waals surface area contributed by atoms with Gasteiger partial charge in [-0.15, -0.1) is 0 Å². The number of methoxy groups -OCH3 is 1. The summed E-state index contributed by atoms with van der Waals surface area (Å²) in [5.41, 5.74) is 1.83. The first-order valence-corrected chi connectivity index (χ1v) is 9.65. The minimum absolute atomic E-state index is 0.00603. The quantitative estimate of drug-likeness (QED) is 0.842. The van der Waals surface area contributed by atoms with Gasteiger partial charge in [0.2, 0.25) is 0 Å². The molecule has 1 aromatic carbocycles. The summed E-state index contributed by atoms with van der Waals surface area (Å²) in [5.74, 6) is 0.500. The van der Waals surface area contributed by atoms with E-state index in [9.17, 15) is 13.2 Å². The topological polar surface area (TPSA) is 97.4 Å². The molecule has 2 aromatic rings. The Morgan fingerprint density at radius 1 is 1.24 bits per heavy atom. The number of hydrogen-bond donors (Lipinski definition) is 2. The van der Waals surface area contributed by atoms with Crippen molar-refractivity contribution in [2.24, 2.45) is 0 Å². The Bertz CT molecular complexity index is 883. The molecule has 1 aliphatic heterocycles. The maximum atomic E-state index is 12.3. The highest BCUT2D eigenvalue weighted by atomic mass is 32.2. The molecule has 0 bridgehead atoms. The van der Waals surface area contributed by atoms with Crippen molar-refractivity contribution < 1.29 is 17.9 Å². The third kappa shape index (κ3) is 4.48. The van der Waals surface area contributed by atoms with E-state index >= 15 is 0 Å². The molecule has 3 rings (SSSR count). The van der Waals surface area contributed by atoms with Gasteiger partial charge in [0.1, 0.15) is 5.75 Å². The highest BCUT2D eigenvalue weighted by Gasteiger charge is 2.29. The summed E-state index contributed by atoms with van der Waals surface area (Å²) in [7, 11) is -1.44. The molecule has 2 N–H and O–H groups in total. The first kappa shape index (κ1) is 17.2. The minimum Gasteiger partial charge on any atom is -0.497 e. The van der Waals surface area contributed by atoms with E-state index in [-0.39, 0.29) is 23.5 Å². The number of aromatic nitrogens is 1. The molecule has 2 heterocycles. The number of nitrogens with one attached hydrogen (secondary N) is 2. The highest BCUT2D eigenvalue weighted by molar-refractivity contribution is 7.91. The second-order valence-corrected chi connectivity index (χ2v) is 8.12. The Kier molecular flexibility index (Phi) is 4.89. The molecule has 132 valence electrons. The van der Waals surface area contributed by atoms with Crippen LogP contribution in [-0.2, 0) is 9.84 Å². The van der Waals surface area contributed by atoms with E-state index in [1.165, 1.54) is 6.20 Å². The molecule has 1 atom stereocenters. The van der Waals surface area contributed by atoms with E-state index in [1.54, 1.807) is 19.4 Å². The SMILES string of the molecule is COc1cccc(Nc2cncc(C(=O)NC3CCS(=O)(=O)C3)c2)c1. The van der Waals surface area contributed by atoms with Crippen molar-refractivity contribution in [3.8, 4) is 5.75 Å². The number of carbonyl (C=O) groups excluding carboxylic acids is 1. The number of anilines is 2. The third-order valence-corrected chi connectivity index (χ3v) is 5.69. The Morgan fingerprint density at radius 2 is 2.08 bits per heavy atom. The Morgan fingerprint density at radius 3 is 2.80 bits per heavy atom. The molecule has 1 amide bonds. The molecule has 0 radical (unpaired) electrons. The Balaban J connectivity index is 1.69. The summed E-state index contributed by atoms with van der Waals surface area (Å²) in [6.07, 6.45) is 3.51. The zero-order valence-electron chi connectivity index (χ0n) is 13.7. The van der Waals surface area contributed by atoms with E-state index in [4.69, 9.17) is 4.74 Å². The summed E-state index contributed by atoms with van der Waals surface area (Å²) < 4.78 is 28.1. The van der Waals surface area contributed by atoms with Crippen LogP contribution >= 0.6 is 0 Å². The van der Waals surface area contributed by atoms with Crippen molar-refractivity contribution in [3.05, 3.63) is 48.3 Å². The van der Waals surface area contributed by atoms with Crippen LogP contribution in [-0.4, -0.2) is 44.0 Å². The molecule has 1 fully saturated rings. The van der Waals surface area contributed by atoms with Crippen molar-refractivity contribution in [2.45, 2.75) is 12.5 Å². The molecule has 1 aromatic heterocycles. The number of carbonyl (C=O) groups is 1. The molecule has 0 saturated carbocycles. The Labute approximate surface area is 146 Å². The van der Waals surface area contributed by atoms with Crippen LogP contribution in [0.4, 0.5) is 11.4 Å². The van der Waals surface area contributed by atoms with Gasteiger partial charge in [-0.3, -0.25) is 9.78 Å². The summed E-state index contributed by atoms with van der Waals surface area (Å²) >= 11 is 0. The van der Waals surface area contributed by atoms with Crippen LogP contribution in [0.3, 0.4) is 0 Å². The maximum Gasteiger partial charge on any atom is 0.253 e. The van der Waals surface area contributed by atoms with Gasteiger partial charge in [-0.1, -0.05) is 6.07 Å². The standard InChI is InChI=1S/C17H19N3O4S/c1-24-16-4-2-3-13(8-16)19-15-7-12(9-18-10-15)17(21)20-14-5-6-25(22,23)11-14/h2-4,7-10,14,19H,5-6,11H2,1H3,(H,20,21). The molecular weight excluding hydrogens is 342 g/mol. The van der Waals surface area contributed by atoms with Crippen molar-refractivity contribution in [1.29, 1.82) is 0 Å². The second-order valence-electron chi connectivity index (χ2n) is 5.89. The van der Waals surface area contributed by atoms with Gasteiger partial charge in [0.25, 0.3) is 5.91 Å². The van der Waals surface area contributed by atoms with E-state index in [2.05, 4.69) is 15.6 Å². The second kappa shape index (κ2) is 7.10. The zero-order valence-corrected chi connectivity index (χ0v) is 14.5. The third-order valence-electron chi connectivity index (χ3n) is 3.93. The van der Waals surface area contributed by atoms with Crippen LogP contribution in [0.5, 0.6) is 5.75 Å². The number of pyridine rings is 1. The first-order chi connectivity index (χ1) is 11.9. The monoisotopic (exact) mass is 361 g/mol. The summed E-state index contributed by atoms with van der Waals surface area (Å²) in [4.78, 5) is 16.4. The Hall–Kier alpha value is -2.61. The number of amides is 1. The lowest BCUT2D eigenvalue weighted by molar-refractivity contribution is 0.0941. The largest absolute Gasteiger partial charge is 0.497 e. The fourth-order valence-electron chi connectivity index (χ4n) is 2.68. The normalized spacial score (nSPS) is 18.5. The predicted molar refractivity (Wildman–Crippen MR) is 95.0 cm³/mol. The fourth-order valence-corrected chi connectivity index (χ4v) is 4.35. The fraction of sp³-hybridized carbons (Fsp3) is 0.294. The average Bonchev–Trinajstić information content (AvgIpc) is 2.94. The van der Waals surface area contributed by atoms with Gasteiger partial charge < -0.3 is 15.4 Å². The number of hydrogen-bond acceptors (Lipinski definition) is 6. The molecule has 1 saturated heterocycles. The van der Waals surface area contributed by atoms with Gasteiger partial charge in [-0.05, 0) is 24.6 Å². The van der Waals surface area contributed by atoms with Gasteiger partial charge >= 0.3 is 0 Å². The van der Waals surface area contributed by atoms with Crippen LogP contribution in [0, 0.1) is 0 Å². The van der Waals surface area contributed by atoms with Crippen molar-refractivity contribution in [1.82, 2.24) is 10.3 Å². The number of rotatable bonds is 5. The molecule has 0 aliphatic carbocycles. The molecule has 25 heavy (non-hydrogen) atoms. The van der Waals surface area contributed by atoms with Crippen molar-refractivity contribution >= 4 is 27.1 Å². The highest BCUT2D eigenvalue weighted by Crippen LogP contribution is 2.21. The number of sulfone groups is 1. The van der Waals surface area contributed by atoms with Gasteiger partial charge in [-0.2, -0.15) is 0 Å². The molecule has 1 unspecified atom stereocenters. The number of nitrogens with zero attached hydrogens (tertiary/aromatic N) is 1. The number of ether oxygens (including phenoxy) is 1. The van der Waals surface area contributed by atoms with E-state index in [0.29, 0.717) is 23.4 Å². The van der Waals surface area contributed by atoms with Crippen LogP contribution in [0.1, 0.15) is 16.8 Å². The van der Waals surface area contributed by atoms with Gasteiger partial charge in [0.15, 0.2) is 9.84 Å². The lowest BCUT2D eigenvalue weighted by Gasteiger charge is -2.12. The molecule has 1 aliphatic rings. The smallest absolute Gasteiger partial charge is 0.253 e. The van der Waals surface area contributed by atoms with E-state index in [0.717, 1.165) is 5.69 Å². The lowest BCUT2D eigenvalue weighted by atomic mass is 10.2. The zero-order chi connectivity index (χ0) is 17.9. The molecular formula is C17H19N3O4S.